The first-order valence-corrected chi connectivity index (χ1v) is 11.9. The van der Waals surface area contributed by atoms with E-state index in [1.54, 1.807) is 42.5 Å². The average Bonchev–Trinajstić information content (AvgIpc) is 2.80. The lowest BCUT2D eigenvalue weighted by atomic mass is 9.99. The van der Waals surface area contributed by atoms with Gasteiger partial charge in [0.2, 0.25) is 5.91 Å². The van der Waals surface area contributed by atoms with Gasteiger partial charge in [0, 0.05) is 11.9 Å². The number of sulfonamides is 1. The summed E-state index contributed by atoms with van der Waals surface area (Å²) in [5, 5.41) is 8.01. The molecule has 1 atom stereocenters. The summed E-state index contributed by atoms with van der Waals surface area (Å²) in [6, 6.07) is 15.5. The fourth-order valence-electron chi connectivity index (χ4n) is 3.57. The molecular weight excluding hydrogens is 426 g/mol. The molecule has 2 heterocycles. The van der Waals surface area contributed by atoms with Crippen LogP contribution in [-0.4, -0.2) is 38.6 Å². The largest absolute Gasteiger partial charge is 0.316 e. The number of fused-ring (bicyclic) bond motifs is 1. The topological polar surface area (TPSA) is 113 Å². The molecule has 8 nitrogen and oxygen atoms in total. The number of rotatable bonds is 6. The molecule has 1 fully saturated rings. The van der Waals surface area contributed by atoms with Crippen LogP contribution in [0, 0.1) is 12.8 Å². The maximum absolute atomic E-state index is 12.8. The van der Waals surface area contributed by atoms with Crippen molar-refractivity contribution < 1.29 is 13.2 Å². The van der Waals surface area contributed by atoms with Crippen LogP contribution in [0.15, 0.2) is 64.6 Å². The van der Waals surface area contributed by atoms with Gasteiger partial charge in [-0.2, -0.15) is 5.10 Å². The van der Waals surface area contributed by atoms with Crippen molar-refractivity contribution in [2.45, 2.75) is 24.7 Å². The molecule has 1 aliphatic heterocycles. The number of piperidine rings is 1. The Kier molecular flexibility index (Phi) is 6.48. The summed E-state index contributed by atoms with van der Waals surface area (Å²) in [4.78, 5) is 16.9. The van der Waals surface area contributed by atoms with Crippen LogP contribution in [0.2, 0.25) is 0 Å². The maximum Gasteiger partial charge on any atom is 0.261 e. The molecular formula is C23H25N5O3S. The van der Waals surface area contributed by atoms with Crippen molar-refractivity contribution in [3.63, 3.8) is 0 Å². The number of benzene rings is 2. The zero-order valence-corrected chi connectivity index (χ0v) is 18.5. The molecule has 1 aliphatic rings. The average molecular weight is 452 g/mol. The normalized spacial score (nSPS) is 16.8. The molecule has 3 aromatic rings. The van der Waals surface area contributed by atoms with Crippen molar-refractivity contribution in [3.8, 4) is 0 Å². The van der Waals surface area contributed by atoms with Crippen LogP contribution in [-0.2, 0) is 14.8 Å². The van der Waals surface area contributed by atoms with Gasteiger partial charge in [0.1, 0.15) is 0 Å². The second kappa shape index (κ2) is 9.46. The van der Waals surface area contributed by atoms with E-state index in [1.807, 2.05) is 19.1 Å². The van der Waals surface area contributed by atoms with Crippen molar-refractivity contribution in [1.29, 1.82) is 0 Å². The molecule has 2 aromatic carbocycles. The van der Waals surface area contributed by atoms with Gasteiger partial charge in [0.15, 0.2) is 0 Å². The van der Waals surface area contributed by atoms with E-state index in [0.29, 0.717) is 23.4 Å². The number of aryl methyl sites for hydroxylation is 1. The molecule has 9 heteroatoms. The smallest absolute Gasteiger partial charge is 0.261 e. The first-order valence-electron chi connectivity index (χ1n) is 10.5. The van der Waals surface area contributed by atoms with Crippen LogP contribution in [0.5, 0.6) is 0 Å². The lowest BCUT2D eigenvalue weighted by Crippen LogP contribution is -2.38. The Bertz CT molecular complexity index is 1250. The highest BCUT2D eigenvalue weighted by molar-refractivity contribution is 7.92. The third-order valence-electron chi connectivity index (χ3n) is 5.36. The highest BCUT2D eigenvalue weighted by Gasteiger charge is 2.20. The van der Waals surface area contributed by atoms with Crippen molar-refractivity contribution >= 4 is 38.7 Å². The van der Waals surface area contributed by atoms with Crippen LogP contribution >= 0.6 is 0 Å². The van der Waals surface area contributed by atoms with E-state index in [4.69, 9.17) is 0 Å². The number of nitrogens with zero attached hydrogens (tertiary/aromatic N) is 2. The molecule has 3 N–H and O–H groups in total. The minimum atomic E-state index is -3.76. The maximum atomic E-state index is 12.8. The fraction of sp³-hybridized carbons (Fsp3) is 0.261. The molecule has 32 heavy (non-hydrogen) atoms. The zero-order valence-electron chi connectivity index (χ0n) is 17.7. The second-order valence-electron chi connectivity index (χ2n) is 7.81. The molecule has 0 aliphatic carbocycles. The van der Waals surface area contributed by atoms with Gasteiger partial charge in [0.25, 0.3) is 10.0 Å². The number of aromatic nitrogens is 1. The number of para-hydroxylation sites is 1. The Hall–Kier alpha value is -3.30. The molecule has 0 spiro atoms. The van der Waals surface area contributed by atoms with Crippen LogP contribution in [0.4, 0.5) is 5.69 Å². The Morgan fingerprint density at radius 3 is 2.72 bits per heavy atom. The van der Waals surface area contributed by atoms with Gasteiger partial charge < -0.3 is 5.32 Å². The van der Waals surface area contributed by atoms with E-state index in [0.717, 1.165) is 30.3 Å². The summed E-state index contributed by atoms with van der Waals surface area (Å²) in [7, 11) is -3.76. The van der Waals surface area contributed by atoms with Gasteiger partial charge in [-0.3, -0.25) is 9.52 Å². The molecule has 0 radical (unpaired) electrons. The number of hydrogen-bond acceptors (Lipinski definition) is 6. The number of hydrogen-bond donors (Lipinski definition) is 3. The number of hydrazone groups is 1. The van der Waals surface area contributed by atoms with Gasteiger partial charge in [-0.15, -0.1) is 0 Å². The first kappa shape index (κ1) is 21.9. The van der Waals surface area contributed by atoms with Gasteiger partial charge >= 0.3 is 0 Å². The number of amides is 1. The van der Waals surface area contributed by atoms with Gasteiger partial charge in [0.05, 0.1) is 33.9 Å². The van der Waals surface area contributed by atoms with E-state index in [9.17, 15) is 13.2 Å². The minimum Gasteiger partial charge on any atom is -0.316 e. The highest BCUT2D eigenvalue weighted by atomic mass is 32.2. The van der Waals surface area contributed by atoms with E-state index >= 15 is 0 Å². The van der Waals surface area contributed by atoms with Crippen molar-refractivity contribution in [2.24, 2.45) is 11.0 Å². The lowest BCUT2D eigenvalue weighted by Gasteiger charge is -2.20. The van der Waals surface area contributed by atoms with E-state index in [-0.39, 0.29) is 16.7 Å². The number of anilines is 1. The quantitative estimate of drug-likeness (QED) is 0.394. The summed E-state index contributed by atoms with van der Waals surface area (Å²) >= 11 is 0. The van der Waals surface area contributed by atoms with Crippen LogP contribution in [0.3, 0.4) is 0 Å². The third-order valence-corrected chi connectivity index (χ3v) is 6.74. The highest BCUT2D eigenvalue weighted by Crippen LogP contribution is 2.24. The van der Waals surface area contributed by atoms with Crippen LogP contribution < -0.4 is 15.5 Å². The summed E-state index contributed by atoms with van der Waals surface area (Å²) in [5.41, 5.74) is 4.91. The fourth-order valence-corrected chi connectivity index (χ4v) is 4.63. The van der Waals surface area contributed by atoms with Crippen molar-refractivity contribution in [1.82, 2.24) is 15.7 Å². The summed E-state index contributed by atoms with van der Waals surface area (Å²) < 4.78 is 28.3. The summed E-state index contributed by atoms with van der Waals surface area (Å²) in [6.45, 7) is 3.49. The zero-order chi connectivity index (χ0) is 22.6. The molecule has 1 amide bonds. The number of nitrogens with one attached hydrogen (secondary N) is 3. The molecule has 1 unspecified atom stereocenters. The Morgan fingerprint density at radius 1 is 1.16 bits per heavy atom. The third kappa shape index (κ3) is 5.12. The summed E-state index contributed by atoms with van der Waals surface area (Å²) in [6.07, 6.45) is 3.27. The van der Waals surface area contributed by atoms with Gasteiger partial charge in [-0.1, -0.05) is 35.9 Å². The standard InChI is InChI=1S/C23H25N5O3S/c1-16-7-11-20(12-8-16)32(30,31)28-21-6-2-4-17-9-10-19(26-22(17)21)15-25-27-23(29)18-5-3-13-24-14-18/h2,4,6-12,15,18,24,28H,3,5,13-14H2,1H3,(H,27,29)/b25-15+. The Morgan fingerprint density at radius 2 is 1.97 bits per heavy atom. The predicted octanol–water partition coefficient (Wildman–Crippen LogP) is 2.79. The Labute approximate surface area is 187 Å². The number of carbonyl (C=O) groups is 1. The minimum absolute atomic E-state index is 0.0896. The lowest BCUT2D eigenvalue weighted by molar-refractivity contribution is -0.125. The monoisotopic (exact) mass is 451 g/mol. The van der Waals surface area contributed by atoms with Crippen LogP contribution in [0.25, 0.3) is 10.9 Å². The van der Waals surface area contributed by atoms with Crippen LogP contribution in [0.1, 0.15) is 24.1 Å². The first-order chi connectivity index (χ1) is 15.4. The molecule has 0 bridgehead atoms. The Balaban J connectivity index is 1.54. The van der Waals surface area contributed by atoms with Gasteiger partial charge in [-0.05, 0) is 50.6 Å². The number of carbonyl (C=O) groups excluding carboxylic acids is 1. The van der Waals surface area contributed by atoms with E-state index < -0.39 is 10.0 Å². The van der Waals surface area contributed by atoms with Gasteiger partial charge in [-0.25, -0.2) is 18.8 Å². The molecule has 1 aromatic heterocycles. The van der Waals surface area contributed by atoms with Crippen molar-refractivity contribution in [2.75, 3.05) is 17.8 Å². The molecule has 1 saturated heterocycles. The van der Waals surface area contributed by atoms with Crippen molar-refractivity contribution in [3.05, 3.63) is 65.9 Å². The van der Waals surface area contributed by atoms with E-state index in [2.05, 4.69) is 25.6 Å². The van der Waals surface area contributed by atoms with E-state index in [1.165, 1.54) is 6.21 Å². The molecule has 4 rings (SSSR count). The number of pyridine rings is 1. The molecule has 0 saturated carbocycles. The SMILES string of the molecule is Cc1ccc(S(=O)(=O)Nc2cccc3ccc(/C=N/NC(=O)C4CCCNC4)nc23)cc1. The summed E-state index contributed by atoms with van der Waals surface area (Å²) in [5.74, 6) is -0.214. The second-order valence-corrected chi connectivity index (χ2v) is 9.49. The molecule has 166 valence electrons. The predicted molar refractivity (Wildman–Crippen MR) is 125 cm³/mol.